The van der Waals surface area contributed by atoms with Gasteiger partial charge in [-0.05, 0) is 113 Å². The Bertz CT molecular complexity index is 1810. The number of methoxy groups -OCH3 is 1. The van der Waals surface area contributed by atoms with E-state index in [9.17, 15) is 13.2 Å². The van der Waals surface area contributed by atoms with Gasteiger partial charge in [-0.2, -0.15) is 5.10 Å². The summed E-state index contributed by atoms with van der Waals surface area (Å²) >= 11 is 17.1. The zero-order valence-corrected chi connectivity index (χ0v) is 29.7. The molecular formula is C32H30BrCl2N3O6S2. The smallest absolute Gasteiger partial charge is 0.264 e. The third-order valence-electron chi connectivity index (χ3n) is 6.39. The van der Waals surface area contributed by atoms with Gasteiger partial charge in [0.1, 0.15) is 18.9 Å². The molecule has 0 unspecified atom stereocenters. The van der Waals surface area contributed by atoms with E-state index in [2.05, 4.69) is 26.5 Å². The Kier molecular flexibility index (Phi) is 12.6. The van der Waals surface area contributed by atoms with Gasteiger partial charge in [0.25, 0.3) is 15.9 Å². The van der Waals surface area contributed by atoms with E-state index in [1.54, 1.807) is 60.7 Å². The average molecular weight is 768 g/mol. The number of carbonyl (C=O) groups excluding carboxylic acids is 1. The lowest BCUT2D eigenvalue weighted by Gasteiger charge is -2.24. The van der Waals surface area contributed by atoms with Crippen LogP contribution in [-0.4, -0.2) is 47.1 Å². The van der Waals surface area contributed by atoms with Gasteiger partial charge in [0.05, 0.1) is 45.0 Å². The highest BCUT2D eigenvalue weighted by Gasteiger charge is 2.27. The molecule has 0 radical (unpaired) electrons. The first kappa shape index (κ1) is 35.4. The number of ether oxygens (including phenoxy) is 3. The minimum Gasteiger partial charge on any atom is -0.494 e. The van der Waals surface area contributed by atoms with Crippen LogP contribution in [0.3, 0.4) is 0 Å². The van der Waals surface area contributed by atoms with E-state index >= 15 is 0 Å². The van der Waals surface area contributed by atoms with Crippen molar-refractivity contribution >= 4 is 78.7 Å². The van der Waals surface area contributed by atoms with E-state index in [1.807, 2.05) is 19.2 Å². The van der Waals surface area contributed by atoms with E-state index in [1.165, 1.54) is 37.2 Å². The number of anilines is 1. The van der Waals surface area contributed by atoms with Crippen LogP contribution in [0, 0.1) is 0 Å². The van der Waals surface area contributed by atoms with Gasteiger partial charge < -0.3 is 14.2 Å². The molecule has 0 aliphatic rings. The van der Waals surface area contributed by atoms with Crippen LogP contribution in [0.4, 0.5) is 5.69 Å². The molecule has 4 aromatic carbocycles. The number of nitrogens with one attached hydrogen (secondary N) is 1. The molecule has 0 aliphatic heterocycles. The molecule has 1 N–H and O–H groups in total. The Balaban J connectivity index is 1.50. The maximum atomic E-state index is 13.7. The Morgan fingerprint density at radius 3 is 2.35 bits per heavy atom. The molecule has 242 valence electrons. The highest BCUT2D eigenvalue weighted by molar-refractivity contribution is 9.10. The van der Waals surface area contributed by atoms with Crippen LogP contribution in [0.5, 0.6) is 17.2 Å². The second-order valence-corrected chi connectivity index (χ2v) is 13.9. The van der Waals surface area contributed by atoms with Gasteiger partial charge in [0.15, 0.2) is 11.5 Å². The second kappa shape index (κ2) is 16.4. The summed E-state index contributed by atoms with van der Waals surface area (Å²) in [6.45, 7) is 2.00. The number of thioether (sulfide) groups is 1. The molecule has 0 saturated carbocycles. The fourth-order valence-electron chi connectivity index (χ4n) is 4.15. The van der Waals surface area contributed by atoms with Gasteiger partial charge in [-0.1, -0.05) is 29.3 Å². The summed E-state index contributed by atoms with van der Waals surface area (Å²) in [5.41, 5.74) is 4.11. The van der Waals surface area contributed by atoms with Crippen LogP contribution in [0.15, 0.2) is 98.2 Å². The topological polar surface area (TPSA) is 107 Å². The Morgan fingerprint density at radius 1 is 1.00 bits per heavy atom. The molecule has 46 heavy (non-hydrogen) atoms. The van der Waals surface area contributed by atoms with Crippen molar-refractivity contribution < 1.29 is 27.4 Å². The Hall–Kier alpha value is -3.42. The lowest BCUT2D eigenvalue weighted by atomic mass is 10.2. The van der Waals surface area contributed by atoms with Gasteiger partial charge >= 0.3 is 0 Å². The summed E-state index contributed by atoms with van der Waals surface area (Å²) in [6.07, 6.45) is 3.31. The van der Waals surface area contributed by atoms with Crippen molar-refractivity contribution in [2.45, 2.75) is 23.3 Å². The van der Waals surface area contributed by atoms with Crippen LogP contribution in [0.25, 0.3) is 0 Å². The van der Waals surface area contributed by atoms with E-state index < -0.39 is 22.5 Å². The zero-order valence-electron chi connectivity index (χ0n) is 25.0. The van der Waals surface area contributed by atoms with Crippen molar-refractivity contribution in [2.24, 2.45) is 5.10 Å². The number of hydrazone groups is 1. The molecule has 0 fully saturated rings. The Morgan fingerprint density at radius 2 is 1.72 bits per heavy atom. The maximum Gasteiger partial charge on any atom is 0.264 e. The van der Waals surface area contributed by atoms with Crippen molar-refractivity contribution in [3.8, 4) is 17.2 Å². The summed E-state index contributed by atoms with van der Waals surface area (Å²) < 4.78 is 46.0. The van der Waals surface area contributed by atoms with Crippen LogP contribution in [-0.2, 0) is 21.4 Å². The van der Waals surface area contributed by atoms with Crippen LogP contribution in [0.1, 0.15) is 18.1 Å². The predicted molar refractivity (Wildman–Crippen MR) is 188 cm³/mol. The summed E-state index contributed by atoms with van der Waals surface area (Å²) in [6, 6.07) is 21.6. The number of rotatable bonds is 14. The molecule has 9 nitrogen and oxygen atoms in total. The van der Waals surface area contributed by atoms with Crippen molar-refractivity contribution in [3.05, 3.63) is 105 Å². The van der Waals surface area contributed by atoms with Crippen molar-refractivity contribution in [3.63, 3.8) is 0 Å². The lowest BCUT2D eigenvalue weighted by molar-refractivity contribution is -0.119. The van der Waals surface area contributed by atoms with Gasteiger partial charge in [0.2, 0.25) is 0 Å². The molecule has 0 saturated heterocycles. The highest BCUT2D eigenvalue weighted by atomic mass is 79.9. The first-order chi connectivity index (χ1) is 22.0. The molecule has 0 heterocycles. The maximum absolute atomic E-state index is 13.7. The predicted octanol–water partition coefficient (Wildman–Crippen LogP) is 7.81. The van der Waals surface area contributed by atoms with E-state index in [-0.39, 0.29) is 11.5 Å². The molecule has 1 amide bonds. The third-order valence-corrected chi connectivity index (χ3v) is 10.3. The normalized spacial score (nSPS) is 11.3. The number of hydrogen-bond acceptors (Lipinski definition) is 8. The third kappa shape index (κ3) is 9.10. The van der Waals surface area contributed by atoms with Crippen LogP contribution >= 0.6 is 50.9 Å². The molecule has 0 aromatic heterocycles. The van der Waals surface area contributed by atoms with E-state index in [4.69, 9.17) is 37.4 Å². The average Bonchev–Trinajstić information content (AvgIpc) is 3.05. The largest absolute Gasteiger partial charge is 0.494 e. The number of carbonyl (C=O) groups is 1. The summed E-state index contributed by atoms with van der Waals surface area (Å²) in [5, 5.41) is 4.92. The van der Waals surface area contributed by atoms with Crippen LogP contribution < -0.4 is 23.9 Å². The number of sulfonamides is 1. The number of amides is 1. The number of benzene rings is 4. The molecule has 4 rings (SSSR count). The van der Waals surface area contributed by atoms with Crippen molar-refractivity contribution in [2.75, 3.05) is 30.8 Å². The van der Waals surface area contributed by atoms with Crippen LogP contribution in [0.2, 0.25) is 10.0 Å². The first-order valence-corrected chi connectivity index (χ1v) is 17.9. The van der Waals surface area contributed by atoms with E-state index in [0.717, 1.165) is 14.8 Å². The Labute approximate surface area is 291 Å². The quantitative estimate of drug-likeness (QED) is 0.0793. The number of nitrogens with zero attached hydrogens (tertiary/aromatic N) is 2. The summed E-state index contributed by atoms with van der Waals surface area (Å²) in [7, 11) is -2.61. The monoisotopic (exact) mass is 765 g/mol. The van der Waals surface area contributed by atoms with Gasteiger partial charge in [0, 0.05) is 4.90 Å². The van der Waals surface area contributed by atoms with Gasteiger partial charge in [-0.3, -0.25) is 9.10 Å². The standard InChI is InChI=1S/C32H30BrCl2N3O6S2/c1-4-43-24-8-6-23(7-9-24)38(46(40,41)26-12-10-25(45-3)11-13-26)19-31(39)37-36-18-22-15-27(33)32(30(17-22)42-2)44-20-21-5-14-28(34)29(35)16-21/h5-18H,4,19-20H2,1-3H3,(H,37,39)/b36-18-. The lowest BCUT2D eigenvalue weighted by Crippen LogP contribution is -2.39. The van der Waals surface area contributed by atoms with Crippen molar-refractivity contribution in [1.29, 1.82) is 0 Å². The molecule has 0 aliphatic carbocycles. The van der Waals surface area contributed by atoms with Crippen molar-refractivity contribution in [1.82, 2.24) is 5.43 Å². The minimum absolute atomic E-state index is 0.0499. The van der Waals surface area contributed by atoms with E-state index in [0.29, 0.717) is 49.6 Å². The fraction of sp³-hybridized carbons (Fsp3) is 0.188. The first-order valence-electron chi connectivity index (χ1n) is 13.7. The number of halogens is 3. The molecule has 14 heteroatoms. The molecule has 0 spiro atoms. The molecule has 4 aromatic rings. The number of hydrogen-bond donors (Lipinski definition) is 1. The minimum atomic E-state index is -4.11. The highest BCUT2D eigenvalue weighted by Crippen LogP contribution is 2.37. The summed E-state index contributed by atoms with van der Waals surface area (Å²) in [4.78, 5) is 14.0. The molecular weight excluding hydrogens is 737 g/mol. The molecule has 0 atom stereocenters. The van der Waals surface area contributed by atoms with Gasteiger partial charge in [-0.25, -0.2) is 13.8 Å². The van der Waals surface area contributed by atoms with Gasteiger partial charge in [-0.15, -0.1) is 11.8 Å². The zero-order chi connectivity index (χ0) is 33.3. The molecule has 0 bridgehead atoms. The SMILES string of the molecule is CCOc1ccc(N(CC(=O)N/N=C\c2cc(Br)c(OCc3ccc(Cl)c(Cl)c3)c(OC)c2)S(=O)(=O)c2ccc(SC)cc2)cc1. The fourth-order valence-corrected chi connectivity index (χ4v) is 6.87. The second-order valence-electron chi connectivity index (χ2n) is 9.48. The summed E-state index contributed by atoms with van der Waals surface area (Å²) in [5.74, 6) is 0.801.